The maximum Gasteiger partial charge on any atom is 0.135 e. The van der Waals surface area contributed by atoms with E-state index in [1.807, 2.05) is 36.4 Å². The second-order valence-corrected chi connectivity index (χ2v) is 18.0. The number of thiazole rings is 1. The van der Waals surface area contributed by atoms with Gasteiger partial charge in [-0.3, -0.25) is 0 Å². The predicted octanol–water partition coefficient (Wildman–Crippen LogP) is 18.0. The molecular formula is C61H35NO3S. The minimum Gasteiger partial charge on any atom is -0.456 e. The average Bonchev–Trinajstić information content (AvgIpc) is 4.18. The van der Waals surface area contributed by atoms with Crippen LogP contribution in [0.25, 0.3) is 142 Å². The highest BCUT2D eigenvalue weighted by molar-refractivity contribution is 7.22. The summed E-state index contributed by atoms with van der Waals surface area (Å²) in [4.78, 5) is 5.45. The molecule has 0 spiro atoms. The molecule has 0 atom stereocenters. The van der Waals surface area contributed by atoms with Crippen LogP contribution in [0.4, 0.5) is 0 Å². The first-order valence-electron chi connectivity index (χ1n) is 22.2. The van der Waals surface area contributed by atoms with Crippen LogP contribution in [0.5, 0.6) is 0 Å². The van der Waals surface area contributed by atoms with Gasteiger partial charge in [0.05, 0.1) is 10.2 Å². The van der Waals surface area contributed by atoms with Gasteiger partial charge in [-0.25, -0.2) is 4.98 Å². The topological polar surface area (TPSA) is 52.3 Å². The highest BCUT2D eigenvalue weighted by Crippen LogP contribution is 2.44. The predicted molar refractivity (Wildman–Crippen MR) is 274 cm³/mol. The van der Waals surface area contributed by atoms with Gasteiger partial charge in [0.15, 0.2) is 0 Å². The molecular weight excluding hydrogens is 827 g/mol. The lowest BCUT2D eigenvalue weighted by Gasteiger charge is -2.10. The summed E-state index contributed by atoms with van der Waals surface area (Å²) in [6.07, 6.45) is 0. The van der Waals surface area contributed by atoms with Crippen LogP contribution in [0.2, 0.25) is 0 Å². The largest absolute Gasteiger partial charge is 0.456 e. The molecule has 14 rings (SSSR count). The molecule has 0 fully saturated rings. The highest BCUT2D eigenvalue weighted by Gasteiger charge is 2.18. The third-order valence-corrected chi connectivity index (χ3v) is 14.3. The van der Waals surface area contributed by atoms with E-state index in [1.54, 1.807) is 11.3 Å². The van der Waals surface area contributed by atoms with Gasteiger partial charge >= 0.3 is 0 Å². The SMILES string of the molecule is c1ccc2c(c1)oc1ccc(-c3ccc(-c4nc5c(-c6ccc(-c7ccc8oc9ccccc9c8c7)cc6)ccc(-c6ccc(-c7ccc8oc9ccccc9c8c7)cc6)c5s4)cc3)cc12. The maximum atomic E-state index is 6.13. The summed E-state index contributed by atoms with van der Waals surface area (Å²) in [5, 5.41) is 7.75. The molecule has 0 unspecified atom stereocenters. The zero-order chi connectivity index (χ0) is 43.3. The van der Waals surface area contributed by atoms with E-state index in [1.165, 1.54) is 0 Å². The zero-order valence-electron chi connectivity index (χ0n) is 35.3. The number of aromatic nitrogens is 1. The summed E-state index contributed by atoms with van der Waals surface area (Å²) >= 11 is 1.75. The Morgan fingerprint density at radius 1 is 0.273 bits per heavy atom. The smallest absolute Gasteiger partial charge is 0.135 e. The minimum atomic E-state index is 0.899. The molecule has 4 nitrogen and oxygen atoms in total. The fraction of sp³-hybridized carbons (Fsp3) is 0. The van der Waals surface area contributed by atoms with Crippen molar-refractivity contribution in [3.05, 3.63) is 212 Å². The third kappa shape index (κ3) is 5.94. The fourth-order valence-corrected chi connectivity index (χ4v) is 10.9. The molecule has 308 valence electrons. The number of para-hydroxylation sites is 3. The number of furan rings is 3. The molecule has 0 N–H and O–H groups in total. The lowest BCUT2D eigenvalue weighted by atomic mass is 9.95. The van der Waals surface area contributed by atoms with Gasteiger partial charge in [0.1, 0.15) is 38.5 Å². The van der Waals surface area contributed by atoms with Crippen LogP contribution in [0.3, 0.4) is 0 Å². The molecule has 0 amide bonds. The minimum absolute atomic E-state index is 0.899. The van der Waals surface area contributed by atoms with Crippen molar-refractivity contribution >= 4 is 87.4 Å². The summed E-state index contributed by atoms with van der Waals surface area (Å²) in [6.45, 7) is 0. The Labute approximate surface area is 382 Å². The van der Waals surface area contributed by atoms with E-state index in [0.717, 1.165) is 142 Å². The molecule has 0 aliphatic rings. The molecule has 0 aliphatic carbocycles. The van der Waals surface area contributed by atoms with E-state index in [-0.39, 0.29) is 0 Å². The van der Waals surface area contributed by atoms with Crippen molar-refractivity contribution < 1.29 is 13.3 Å². The van der Waals surface area contributed by atoms with Crippen LogP contribution >= 0.6 is 11.3 Å². The van der Waals surface area contributed by atoms with Crippen molar-refractivity contribution in [3.63, 3.8) is 0 Å². The van der Waals surface area contributed by atoms with Crippen molar-refractivity contribution in [2.75, 3.05) is 0 Å². The Kier molecular flexibility index (Phi) is 8.12. The quantitative estimate of drug-likeness (QED) is 0.167. The lowest BCUT2D eigenvalue weighted by molar-refractivity contribution is 0.668. The number of rotatable bonds is 6. The zero-order valence-corrected chi connectivity index (χ0v) is 36.1. The second kappa shape index (κ2) is 14.5. The standard InChI is InChI=1S/C61H35NO3S/c1-4-10-53-47(7-1)50-33-42(25-30-56(50)63-53)36-13-19-39(20-14-36)45-28-29-46(40-21-15-37(16-22-40)43-26-31-57-51(34-43)48-8-2-5-11-54(48)64-57)60-59(45)62-61(66-60)41-23-17-38(18-24-41)44-27-32-58-52(35-44)49-9-3-6-12-55(49)65-58/h1-35H. The summed E-state index contributed by atoms with van der Waals surface area (Å²) in [5.41, 5.74) is 19.0. The van der Waals surface area contributed by atoms with Crippen LogP contribution in [-0.4, -0.2) is 4.98 Å². The van der Waals surface area contributed by atoms with Crippen molar-refractivity contribution in [3.8, 4) is 66.2 Å². The number of nitrogens with zero attached hydrogens (tertiary/aromatic N) is 1. The Bertz CT molecular complexity index is 4010. The van der Waals surface area contributed by atoms with Gasteiger partial charge in [0.25, 0.3) is 0 Å². The molecule has 0 bridgehead atoms. The summed E-state index contributed by atoms with van der Waals surface area (Å²) < 4.78 is 19.5. The number of hydrogen-bond acceptors (Lipinski definition) is 5. The number of hydrogen-bond donors (Lipinski definition) is 0. The molecule has 0 radical (unpaired) electrons. The van der Waals surface area contributed by atoms with Crippen molar-refractivity contribution in [2.24, 2.45) is 0 Å². The van der Waals surface area contributed by atoms with Crippen molar-refractivity contribution in [2.45, 2.75) is 0 Å². The average molecular weight is 862 g/mol. The molecule has 10 aromatic carbocycles. The van der Waals surface area contributed by atoms with Crippen molar-refractivity contribution in [1.82, 2.24) is 4.98 Å². The van der Waals surface area contributed by atoms with E-state index in [0.29, 0.717) is 0 Å². The van der Waals surface area contributed by atoms with E-state index < -0.39 is 0 Å². The first-order chi connectivity index (χ1) is 32.6. The first kappa shape index (κ1) is 36.9. The van der Waals surface area contributed by atoms with Crippen LogP contribution in [-0.2, 0) is 0 Å². The highest BCUT2D eigenvalue weighted by atomic mass is 32.1. The van der Waals surface area contributed by atoms with E-state index >= 15 is 0 Å². The summed E-state index contributed by atoms with van der Waals surface area (Å²) in [5.74, 6) is 0. The van der Waals surface area contributed by atoms with Crippen LogP contribution in [0, 0.1) is 0 Å². The molecule has 4 heterocycles. The van der Waals surface area contributed by atoms with Crippen LogP contribution in [0.1, 0.15) is 0 Å². The molecule has 4 aromatic heterocycles. The number of fused-ring (bicyclic) bond motifs is 10. The fourth-order valence-electron chi connectivity index (χ4n) is 9.80. The van der Waals surface area contributed by atoms with Crippen LogP contribution < -0.4 is 0 Å². The van der Waals surface area contributed by atoms with Gasteiger partial charge < -0.3 is 13.3 Å². The molecule has 14 aromatic rings. The maximum absolute atomic E-state index is 6.13. The van der Waals surface area contributed by atoms with Crippen molar-refractivity contribution in [1.29, 1.82) is 0 Å². The van der Waals surface area contributed by atoms with Gasteiger partial charge in [0.2, 0.25) is 0 Å². The lowest BCUT2D eigenvalue weighted by Crippen LogP contribution is -1.86. The van der Waals surface area contributed by atoms with Gasteiger partial charge in [-0.2, -0.15) is 0 Å². The number of benzene rings is 10. The van der Waals surface area contributed by atoms with Gasteiger partial charge in [0, 0.05) is 49.0 Å². The van der Waals surface area contributed by atoms with Gasteiger partial charge in [-0.1, -0.05) is 158 Å². The summed E-state index contributed by atoms with van der Waals surface area (Å²) in [7, 11) is 0. The summed E-state index contributed by atoms with van der Waals surface area (Å²) in [6, 6.07) is 75.2. The third-order valence-electron chi connectivity index (χ3n) is 13.2. The first-order valence-corrected chi connectivity index (χ1v) is 23.0. The molecule has 0 aliphatic heterocycles. The molecule has 0 saturated heterocycles. The molecule has 5 heteroatoms. The second-order valence-electron chi connectivity index (χ2n) is 17.0. The monoisotopic (exact) mass is 861 g/mol. The molecule has 0 saturated carbocycles. The van der Waals surface area contributed by atoms with E-state index in [2.05, 4.69) is 176 Å². The Morgan fingerprint density at radius 2 is 0.606 bits per heavy atom. The van der Waals surface area contributed by atoms with E-state index in [9.17, 15) is 0 Å². The molecule has 66 heavy (non-hydrogen) atoms. The normalized spacial score (nSPS) is 11.9. The van der Waals surface area contributed by atoms with Crippen LogP contribution in [0.15, 0.2) is 226 Å². The Morgan fingerprint density at radius 3 is 1.05 bits per heavy atom. The van der Waals surface area contributed by atoms with E-state index in [4.69, 9.17) is 18.2 Å². The Balaban J connectivity index is 0.847. The van der Waals surface area contributed by atoms with Gasteiger partial charge in [-0.05, 0) is 99.1 Å². The Hall–Kier alpha value is -8.51. The van der Waals surface area contributed by atoms with Gasteiger partial charge in [-0.15, -0.1) is 11.3 Å².